The Balaban J connectivity index is 1.40. The first-order chi connectivity index (χ1) is 24.4. The summed E-state index contributed by atoms with van der Waals surface area (Å²) in [5.74, 6) is -3.43. The van der Waals surface area contributed by atoms with E-state index >= 15 is 0 Å². The van der Waals surface area contributed by atoms with E-state index in [4.69, 9.17) is 18.9 Å². The van der Waals surface area contributed by atoms with E-state index in [1.807, 2.05) is 0 Å². The molecule has 12 N–H and O–H groups in total. The highest BCUT2D eigenvalue weighted by atomic mass is 16.7. The molecule has 4 aromatic rings. The maximum absolute atomic E-state index is 12.0. The highest BCUT2D eigenvalue weighted by Crippen LogP contribution is 2.58. The first kappa shape index (κ1) is 34.0. The number of aliphatic hydroxyl groups excluding tert-OH is 5. The number of aliphatic hydroxyl groups is 6. The Morgan fingerprint density at radius 2 is 1.27 bits per heavy atom. The van der Waals surface area contributed by atoms with E-state index in [0.29, 0.717) is 11.1 Å². The molecule has 9 atom stereocenters. The molecule has 1 fully saturated rings. The van der Waals surface area contributed by atoms with Crippen LogP contribution >= 0.6 is 0 Å². The van der Waals surface area contributed by atoms with Crippen molar-refractivity contribution in [3.05, 3.63) is 100 Å². The predicted molar refractivity (Wildman–Crippen MR) is 174 cm³/mol. The van der Waals surface area contributed by atoms with Gasteiger partial charge in [-0.1, -0.05) is 12.1 Å². The second kappa shape index (κ2) is 13.0. The number of aromatic hydroxyl groups is 7. The van der Waals surface area contributed by atoms with Gasteiger partial charge in [-0.25, -0.2) is 0 Å². The van der Waals surface area contributed by atoms with Crippen molar-refractivity contribution in [2.45, 2.75) is 54.9 Å². The molecular weight excluding hydrogens is 672 g/mol. The van der Waals surface area contributed by atoms with Crippen molar-refractivity contribution < 1.29 is 75.1 Å². The van der Waals surface area contributed by atoms with Gasteiger partial charge in [-0.2, -0.15) is 0 Å². The quantitative estimate of drug-likeness (QED) is 0.128. The summed E-state index contributed by atoms with van der Waals surface area (Å²) in [6.07, 6.45) is -10.7. The lowest BCUT2D eigenvalue weighted by molar-refractivity contribution is -0.295. The monoisotopic (exact) mass is 707 g/mol. The third kappa shape index (κ3) is 5.95. The number of fused-ring (bicyclic) bond motifs is 2. The van der Waals surface area contributed by atoms with Gasteiger partial charge >= 0.3 is 0 Å². The Kier molecular flexibility index (Phi) is 8.71. The van der Waals surface area contributed by atoms with Crippen molar-refractivity contribution >= 4 is 6.08 Å². The molecule has 0 radical (unpaired) electrons. The summed E-state index contributed by atoms with van der Waals surface area (Å²) in [6.45, 7) is -0.716. The van der Waals surface area contributed by atoms with Gasteiger partial charge < -0.3 is 75.1 Å². The lowest BCUT2D eigenvalue weighted by Crippen LogP contribution is -2.59. The van der Waals surface area contributed by atoms with Gasteiger partial charge in [0.2, 0.25) is 6.29 Å². The topological polar surface area (TPSA) is 263 Å². The van der Waals surface area contributed by atoms with Gasteiger partial charge in [0.25, 0.3) is 11.9 Å². The zero-order valence-corrected chi connectivity index (χ0v) is 26.4. The molecule has 0 saturated carbocycles. The fraction of sp³-hybridized carbons (Fsp3) is 0.278. The van der Waals surface area contributed by atoms with Gasteiger partial charge in [0.05, 0.1) is 18.1 Å². The largest absolute Gasteiger partial charge is 0.571 e. The van der Waals surface area contributed by atoms with Crippen LogP contribution in [0.1, 0.15) is 45.9 Å². The van der Waals surface area contributed by atoms with Crippen molar-refractivity contribution in [1.82, 2.24) is 0 Å². The molecule has 0 aromatic heterocycles. The number of phenolic OH excluding ortho intramolecular Hbond substituents is 6. The van der Waals surface area contributed by atoms with Crippen LogP contribution in [0.25, 0.3) is 6.08 Å². The molecule has 3 aliphatic heterocycles. The van der Waals surface area contributed by atoms with Crippen LogP contribution in [-0.2, 0) is 9.47 Å². The Morgan fingerprint density at radius 3 is 1.92 bits per heavy atom. The van der Waals surface area contributed by atoms with Crippen LogP contribution in [0.2, 0.25) is 0 Å². The van der Waals surface area contributed by atoms with Gasteiger partial charge in [-0.05, 0) is 42.0 Å². The van der Waals surface area contributed by atoms with Gasteiger partial charge in [0.15, 0.2) is 11.9 Å². The van der Waals surface area contributed by atoms with Gasteiger partial charge in [-0.3, -0.25) is 0 Å². The number of hydrogen-bond donors (Lipinski definition) is 11. The maximum Gasteiger partial charge on any atom is 0.274 e. The van der Waals surface area contributed by atoms with Crippen LogP contribution in [0.15, 0.2) is 72.5 Å². The van der Waals surface area contributed by atoms with Crippen molar-refractivity contribution in [2.24, 2.45) is 0 Å². The summed E-state index contributed by atoms with van der Waals surface area (Å²) in [6, 6.07) is 14.8. The second-order valence-electron chi connectivity index (χ2n) is 12.6. The molecule has 15 heteroatoms. The third-order valence-corrected chi connectivity index (χ3v) is 9.31. The van der Waals surface area contributed by atoms with Gasteiger partial charge in [0.1, 0.15) is 81.9 Å². The second-order valence-corrected chi connectivity index (χ2v) is 12.6. The van der Waals surface area contributed by atoms with E-state index in [1.165, 1.54) is 60.7 Å². The Hall–Kier alpha value is -5.42. The predicted octanol–water partition coefficient (Wildman–Crippen LogP) is 1.70. The molecule has 15 nitrogen and oxygen atoms in total. The third-order valence-electron chi connectivity index (χ3n) is 9.31. The molecule has 4 aromatic carbocycles. The minimum atomic E-state index is -1.79. The number of phenols is 6. The summed E-state index contributed by atoms with van der Waals surface area (Å²) in [7, 11) is 0. The standard InChI is InChI=1S/C36H34O15/c37-13-25-29(44)31(46)32(47)36(50-25)49-24-11-19-20(41)12-22(43)27(35(19)51-33(24)14-1-5-16(38)6-2-14)28-26-21(42)9-18(40)10-23(26)48-34(30(28)45)15-3-7-17(39)8-4-15/h1-12,25,28-34,36-47H,13H2/p+1/t25-,28+,29-,30-,31+,32-,33?,34-,36-/m1/s1. The first-order valence-electron chi connectivity index (χ1n) is 15.8. The number of rotatable bonds is 6. The van der Waals surface area contributed by atoms with E-state index < -0.39 is 78.8 Å². The molecular formula is C36H35O15+. The van der Waals surface area contributed by atoms with Crippen molar-refractivity contribution in [2.75, 3.05) is 6.61 Å². The average molecular weight is 708 g/mol. The lowest BCUT2D eigenvalue weighted by atomic mass is 9.78. The Morgan fingerprint density at radius 1 is 0.647 bits per heavy atom. The molecule has 3 heterocycles. The summed E-state index contributed by atoms with van der Waals surface area (Å²) >= 11 is 0. The Labute approximate surface area is 288 Å². The number of ether oxygens (including phenoxy) is 4. The number of hydrogen-bond acceptors (Lipinski definition) is 14. The van der Waals surface area contributed by atoms with E-state index in [9.17, 15) is 56.2 Å². The zero-order valence-electron chi connectivity index (χ0n) is 26.4. The van der Waals surface area contributed by atoms with Crippen LogP contribution < -0.4 is 4.74 Å². The van der Waals surface area contributed by atoms with Crippen LogP contribution in [0.3, 0.4) is 0 Å². The highest BCUT2D eigenvalue weighted by Gasteiger charge is 2.49. The minimum Gasteiger partial charge on any atom is -0.571 e. The van der Waals surface area contributed by atoms with Crippen LogP contribution in [0.5, 0.6) is 46.0 Å². The molecule has 0 spiro atoms. The van der Waals surface area contributed by atoms with E-state index in [2.05, 4.69) is 0 Å². The molecule has 1 saturated heterocycles. The Bertz CT molecular complexity index is 1960. The average Bonchev–Trinajstić information content (AvgIpc) is 3.10. The van der Waals surface area contributed by atoms with Gasteiger partial charge in [-0.15, -0.1) is 0 Å². The first-order valence-corrected chi connectivity index (χ1v) is 15.8. The van der Waals surface area contributed by atoms with Crippen molar-refractivity contribution in [1.29, 1.82) is 0 Å². The van der Waals surface area contributed by atoms with Crippen molar-refractivity contribution in [3.63, 3.8) is 0 Å². The molecule has 268 valence electrons. The summed E-state index contributed by atoms with van der Waals surface area (Å²) in [5, 5.41) is 117. The smallest absolute Gasteiger partial charge is 0.274 e. The van der Waals surface area contributed by atoms with E-state index in [1.54, 1.807) is 0 Å². The van der Waals surface area contributed by atoms with Crippen molar-refractivity contribution in [3.8, 4) is 46.0 Å². The summed E-state index contributed by atoms with van der Waals surface area (Å²) in [5.41, 5.74) is 0.696. The maximum atomic E-state index is 12.0. The van der Waals surface area contributed by atoms with E-state index in [-0.39, 0.29) is 51.2 Å². The molecule has 0 amide bonds. The minimum absolute atomic E-state index is 0.0118. The van der Waals surface area contributed by atoms with Crippen LogP contribution in [0.4, 0.5) is 0 Å². The number of benzene rings is 4. The molecule has 0 bridgehead atoms. The lowest BCUT2D eigenvalue weighted by Gasteiger charge is -2.41. The van der Waals surface area contributed by atoms with E-state index in [0.717, 1.165) is 12.1 Å². The summed E-state index contributed by atoms with van der Waals surface area (Å²) < 4.78 is 22.5. The highest BCUT2D eigenvalue weighted by molar-refractivity contribution is 5.74. The van der Waals surface area contributed by atoms with Crippen LogP contribution in [0, 0.1) is 0 Å². The molecule has 7 rings (SSSR count). The fourth-order valence-corrected chi connectivity index (χ4v) is 6.77. The SMILES string of the molecule is OC[C@H]1O[C@@H](OC2=Cc3c(O)cc(O)c([C@@H]4c5c(O)cc(O)cc5O[C@H](c5ccc(O)cc5)[C@@H]4O)c3[OH+]C2c2ccc(O)cc2)[C@H](O)[C@@H](O)[C@@H]1O. The molecule has 51 heavy (non-hydrogen) atoms. The summed E-state index contributed by atoms with van der Waals surface area (Å²) in [4.78, 5) is 0. The van der Waals surface area contributed by atoms with Gasteiger partial charge in [0, 0.05) is 29.8 Å². The molecule has 3 aliphatic rings. The van der Waals surface area contributed by atoms with Crippen LogP contribution in [-0.4, -0.2) is 104 Å². The fourth-order valence-electron chi connectivity index (χ4n) is 6.77. The zero-order chi connectivity index (χ0) is 36.3. The molecule has 0 aliphatic carbocycles. The molecule has 1 unspecified atom stereocenters. The normalized spacial score (nSPS) is 28.4.